The van der Waals surface area contributed by atoms with E-state index in [0.29, 0.717) is 16.7 Å². The number of hydrogen-bond donors (Lipinski definition) is 1. The number of morpholine rings is 1. The van der Waals surface area contributed by atoms with Crippen LogP contribution in [-0.2, 0) is 11.3 Å². The highest BCUT2D eigenvalue weighted by Gasteiger charge is 2.16. The average Bonchev–Trinajstić information content (AvgIpc) is 3.06. The van der Waals surface area contributed by atoms with Crippen LogP contribution in [0.2, 0.25) is 0 Å². The van der Waals surface area contributed by atoms with Crippen molar-refractivity contribution >= 4 is 16.9 Å². The summed E-state index contributed by atoms with van der Waals surface area (Å²) in [6.07, 6.45) is 0. The molecule has 0 unspecified atom stereocenters. The van der Waals surface area contributed by atoms with Crippen molar-refractivity contribution in [3.8, 4) is 11.3 Å². The predicted octanol–water partition coefficient (Wildman–Crippen LogP) is 3.17. The van der Waals surface area contributed by atoms with E-state index in [1.807, 2.05) is 24.3 Å². The van der Waals surface area contributed by atoms with Crippen molar-refractivity contribution < 1.29 is 18.3 Å². The van der Waals surface area contributed by atoms with Crippen molar-refractivity contribution in [2.24, 2.45) is 5.73 Å². The van der Waals surface area contributed by atoms with Crippen molar-refractivity contribution in [2.75, 3.05) is 26.3 Å². The Morgan fingerprint density at radius 1 is 1.12 bits per heavy atom. The Balaban J connectivity index is 1.61. The number of carbonyl (C=O) groups is 1. The van der Waals surface area contributed by atoms with Crippen LogP contribution in [0.1, 0.15) is 15.9 Å². The lowest BCUT2D eigenvalue weighted by Gasteiger charge is -2.26. The van der Waals surface area contributed by atoms with Crippen molar-refractivity contribution in [1.29, 1.82) is 0 Å². The number of furan rings is 1. The highest BCUT2D eigenvalue weighted by Crippen LogP contribution is 2.31. The molecule has 0 radical (unpaired) electrons. The van der Waals surface area contributed by atoms with E-state index in [0.717, 1.165) is 44.5 Å². The molecule has 6 heteroatoms. The van der Waals surface area contributed by atoms with Gasteiger partial charge >= 0.3 is 0 Å². The summed E-state index contributed by atoms with van der Waals surface area (Å²) in [4.78, 5) is 13.9. The zero-order valence-electron chi connectivity index (χ0n) is 14.2. The molecule has 2 aromatic carbocycles. The molecule has 2 heterocycles. The Hall–Kier alpha value is -2.70. The summed E-state index contributed by atoms with van der Waals surface area (Å²) in [6, 6.07) is 12.2. The minimum absolute atomic E-state index is 0.0511. The highest BCUT2D eigenvalue weighted by molar-refractivity contribution is 6.04. The van der Waals surface area contributed by atoms with Crippen LogP contribution in [0, 0.1) is 5.82 Å². The molecule has 4 rings (SSSR count). The first-order valence-corrected chi connectivity index (χ1v) is 8.52. The maximum Gasteiger partial charge on any atom is 0.252 e. The number of ether oxygens (including phenoxy) is 1. The number of nitrogens with two attached hydrogens (primary N) is 1. The molecule has 5 nitrogen and oxygen atoms in total. The van der Waals surface area contributed by atoms with Gasteiger partial charge < -0.3 is 14.9 Å². The third-order valence-corrected chi connectivity index (χ3v) is 4.59. The van der Waals surface area contributed by atoms with Crippen LogP contribution in [0.25, 0.3) is 22.3 Å². The van der Waals surface area contributed by atoms with E-state index in [1.165, 1.54) is 11.6 Å². The molecule has 1 fully saturated rings. The SMILES string of the molecule is NC(=O)c1cc(F)cc2cc(-c3ccc(CN4CCOCC4)cc3)oc12. The van der Waals surface area contributed by atoms with E-state index in [2.05, 4.69) is 4.90 Å². The van der Waals surface area contributed by atoms with Gasteiger partial charge in [0.05, 0.1) is 18.8 Å². The fourth-order valence-electron chi connectivity index (χ4n) is 3.23. The molecule has 2 N–H and O–H groups in total. The summed E-state index contributed by atoms with van der Waals surface area (Å²) in [7, 11) is 0. The Bertz CT molecular complexity index is 944. The number of hydrogen-bond acceptors (Lipinski definition) is 4. The number of fused-ring (bicyclic) bond motifs is 1. The van der Waals surface area contributed by atoms with Crippen LogP contribution < -0.4 is 5.73 Å². The van der Waals surface area contributed by atoms with Gasteiger partial charge in [-0.1, -0.05) is 24.3 Å². The molecular weight excluding hydrogens is 335 g/mol. The molecule has 26 heavy (non-hydrogen) atoms. The molecule has 1 aliphatic heterocycles. The lowest BCUT2D eigenvalue weighted by atomic mass is 10.1. The second-order valence-corrected chi connectivity index (χ2v) is 6.43. The molecule has 1 aliphatic rings. The normalized spacial score (nSPS) is 15.4. The summed E-state index contributed by atoms with van der Waals surface area (Å²) in [5, 5.41) is 0.520. The van der Waals surface area contributed by atoms with Crippen LogP contribution in [-0.4, -0.2) is 37.1 Å². The zero-order valence-corrected chi connectivity index (χ0v) is 14.2. The minimum Gasteiger partial charge on any atom is -0.455 e. The standard InChI is InChI=1S/C20H19FN2O3/c21-16-9-15-10-18(26-19(15)17(11-16)20(22)24)14-3-1-13(2-4-14)12-23-5-7-25-8-6-23/h1-4,9-11H,5-8,12H2,(H2,22,24). The summed E-state index contributed by atoms with van der Waals surface area (Å²) >= 11 is 0. The molecule has 0 aliphatic carbocycles. The van der Waals surface area contributed by atoms with Crippen molar-refractivity contribution in [2.45, 2.75) is 6.54 Å². The van der Waals surface area contributed by atoms with Gasteiger partial charge in [-0.25, -0.2) is 4.39 Å². The maximum atomic E-state index is 13.7. The molecule has 0 bridgehead atoms. The number of carbonyl (C=O) groups excluding carboxylic acids is 1. The van der Waals surface area contributed by atoms with Crippen molar-refractivity contribution in [3.05, 3.63) is 59.4 Å². The molecule has 1 amide bonds. The molecule has 0 spiro atoms. The monoisotopic (exact) mass is 354 g/mol. The summed E-state index contributed by atoms with van der Waals surface area (Å²) in [6.45, 7) is 4.30. The van der Waals surface area contributed by atoms with E-state index in [1.54, 1.807) is 6.07 Å². The molecule has 1 saturated heterocycles. The third kappa shape index (κ3) is 3.34. The number of halogens is 1. The van der Waals surface area contributed by atoms with E-state index in [-0.39, 0.29) is 5.56 Å². The van der Waals surface area contributed by atoms with Gasteiger partial charge in [0.2, 0.25) is 0 Å². The van der Waals surface area contributed by atoms with E-state index < -0.39 is 11.7 Å². The predicted molar refractivity (Wildman–Crippen MR) is 96.2 cm³/mol. The topological polar surface area (TPSA) is 68.7 Å². The van der Waals surface area contributed by atoms with E-state index in [4.69, 9.17) is 14.9 Å². The average molecular weight is 354 g/mol. The first kappa shape index (κ1) is 16.8. The summed E-state index contributed by atoms with van der Waals surface area (Å²) < 4.78 is 24.8. The van der Waals surface area contributed by atoms with Crippen LogP contribution in [0.5, 0.6) is 0 Å². The van der Waals surface area contributed by atoms with Gasteiger partial charge in [-0.2, -0.15) is 0 Å². The fourth-order valence-corrected chi connectivity index (χ4v) is 3.23. The van der Waals surface area contributed by atoms with Gasteiger partial charge in [-0.3, -0.25) is 9.69 Å². The number of rotatable bonds is 4. The fraction of sp³-hybridized carbons (Fsp3) is 0.250. The molecule has 1 aromatic heterocycles. The van der Waals surface area contributed by atoms with Crippen molar-refractivity contribution in [1.82, 2.24) is 4.90 Å². The smallest absolute Gasteiger partial charge is 0.252 e. The summed E-state index contributed by atoms with van der Waals surface area (Å²) in [5.41, 5.74) is 7.76. The first-order valence-electron chi connectivity index (χ1n) is 8.52. The zero-order chi connectivity index (χ0) is 18.1. The molecule has 0 saturated carbocycles. The van der Waals surface area contributed by atoms with Crippen molar-refractivity contribution in [3.63, 3.8) is 0 Å². The Kier molecular flexibility index (Phi) is 4.44. The minimum atomic E-state index is -0.712. The quantitative estimate of drug-likeness (QED) is 0.781. The van der Waals surface area contributed by atoms with E-state index in [9.17, 15) is 9.18 Å². The van der Waals surface area contributed by atoms with Gasteiger partial charge in [-0.15, -0.1) is 0 Å². The lowest BCUT2D eigenvalue weighted by Crippen LogP contribution is -2.35. The summed E-state index contributed by atoms with van der Waals surface area (Å²) in [5.74, 6) is -0.651. The van der Waals surface area contributed by atoms with Gasteiger partial charge in [0.15, 0.2) is 0 Å². The Morgan fingerprint density at radius 2 is 1.85 bits per heavy atom. The van der Waals surface area contributed by atoms with E-state index >= 15 is 0 Å². The van der Waals surface area contributed by atoms with Gasteiger partial charge in [0.25, 0.3) is 5.91 Å². The van der Waals surface area contributed by atoms with Gasteiger partial charge in [0.1, 0.15) is 17.2 Å². The third-order valence-electron chi connectivity index (χ3n) is 4.59. The first-order chi connectivity index (χ1) is 12.6. The Labute approximate surface area is 150 Å². The van der Waals surface area contributed by atoms with Crippen LogP contribution in [0.15, 0.2) is 46.9 Å². The number of benzene rings is 2. The number of nitrogens with zero attached hydrogens (tertiary/aromatic N) is 1. The molecule has 0 atom stereocenters. The van der Waals surface area contributed by atoms with Crippen LogP contribution in [0.4, 0.5) is 4.39 Å². The number of amides is 1. The molecular formula is C20H19FN2O3. The van der Waals surface area contributed by atoms with Gasteiger partial charge in [0, 0.05) is 30.6 Å². The number of primary amides is 1. The molecule has 134 valence electrons. The second-order valence-electron chi connectivity index (χ2n) is 6.43. The highest BCUT2D eigenvalue weighted by atomic mass is 19.1. The largest absolute Gasteiger partial charge is 0.455 e. The Morgan fingerprint density at radius 3 is 2.54 bits per heavy atom. The maximum absolute atomic E-state index is 13.7. The second kappa shape index (κ2) is 6.90. The lowest BCUT2D eigenvalue weighted by molar-refractivity contribution is 0.0342. The van der Waals surface area contributed by atoms with Crippen LogP contribution in [0.3, 0.4) is 0 Å². The van der Waals surface area contributed by atoms with Gasteiger partial charge in [-0.05, 0) is 23.8 Å². The molecule has 3 aromatic rings. The van der Waals surface area contributed by atoms with Crippen LogP contribution >= 0.6 is 0 Å².